The molecule has 1 aromatic rings. The lowest BCUT2D eigenvalue weighted by molar-refractivity contribution is 0.0889. The van der Waals surface area contributed by atoms with Crippen molar-refractivity contribution in [3.63, 3.8) is 0 Å². The van der Waals surface area contributed by atoms with Gasteiger partial charge in [0, 0.05) is 0 Å². The molecule has 4 atom stereocenters. The van der Waals surface area contributed by atoms with Gasteiger partial charge in [0.05, 0.1) is 11.0 Å². The maximum atomic E-state index is 12.2. The minimum Gasteiger partial charge on any atom is -0.283 e. The van der Waals surface area contributed by atoms with Crippen LogP contribution in [-0.2, 0) is 15.3 Å². The molecular weight excluding hydrogens is 244 g/mol. The highest BCUT2D eigenvalue weighted by atomic mass is 32.2. The van der Waals surface area contributed by atoms with Crippen molar-refractivity contribution in [2.75, 3.05) is 0 Å². The van der Waals surface area contributed by atoms with Gasteiger partial charge < -0.3 is 0 Å². The Hall–Kier alpha value is -0.670. The van der Waals surface area contributed by atoms with E-state index < -0.39 is 11.1 Å². The highest BCUT2D eigenvalue weighted by molar-refractivity contribution is 7.80. The van der Waals surface area contributed by atoms with E-state index in [2.05, 4.69) is 6.92 Å². The third-order valence-electron chi connectivity index (χ3n) is 4.62. The molecule has 0 saturated heterocycles. The smallest absolute Gasteiger partial charge is 0.189 e. The van der Waals surface area contributed by atoms with Crippen molar-refractivity contribution in [2.45, 2.75) is 50.5 Å². The Morgan fingerprint density at radius 1 is 1.33 bits per heavy atom. The van der Waals surface area contributed by atoms with Crippen LogP contribution in [0.15, 0.2) is 29.2 Å². The number of rotatable bonds is 3. The van der Waals surface area contributed by atoms with Crippen LogP contribution in [0.25, 0.3) is 0 Å². The van der Waals surface area contributed by atoms with Gasteiger partial charge in [-0.2, -0.15) is 0 Å². The molecule has 0 heterocycles. The Labute approximate surface area is 111 Å². The average molecular weight is 264 g/mol. The summed E-state index contributed by atoms with van der Waals surface area (Å²) in [7, 11) is 0. The fourth-order valence-electron chi connectivity index (χ4n) is 3.44. The molecule has 2 fully saturated rings. The quantitative estimate of drug-likeness (QED) is 0.833. The van der Waals surface area contributed by atoms with E-state index in [-0.39, 0.29) is 11.5 Å². The molecule has 0 radical (unpaired) electrons. The summed E-state index contributed by atoms with van der Waals surface area (Å²) in [6.07, 6.45) is 5.08. The molecule has 2 saturated carbocycles. The zero-order valence-electron chi connectivity index (χ0n) is 11.0. The van der Waals surface area contributed by atoms with Gasteiger partial charge in [-0.25, -0.2) is 4.21 Å². The van der Waals surface area contributed by atoms with Crippen molar-refractivity contribution in [2.24, 2.45) is 11.3 Å². The van der Waals surface area contributed by atoms with E-state index in [1.165, 1.54) is 24.8 Å². The summed E-state index contributed by atoms with van der Waals surface area (Å²) in [5.74, 6) is 0.801. The Bertz CT molecular complexity index is 468. The van der Waals surface area contributed by atoms with E-state index in [9.17, 15) is 4.21 Å². The number of benzene rings is 1. The molecular formula is C15H20O2S. The molecule has 0 aliphatic heterocycles. The minimum absolute atomic E-state index is 0.179. The maximum absolute atomic E-state index is 12.2. The van der Waals surface area contributed by atoms with E-state index in [1.54, 1.807) is 0 Å². The van der Waals surface area contributed by atoms with Crippen LogP contribution < -0.4 is 0 Å². The summed E-state index contributed by atoms with van der Waals surface area (Å²) < 4.78 is 18.1. The molecule has 0 amide bonds. The first-order valence-electron chi connectivity index (χ1n) is 6.72. The van der Waals surface area contributed by atoms with Gasteiger partial charge in [0.25, 0.3) is 0 Å². The predicted molar refractivity (Wildman–Crippen MR) is 72.5 cm³/mol. The van der Waals surface area contributed by atoms with Crippen LogP contribution in [0.2, 0.25) is 0 Å². The van der Waals surface area contributed by atoms with E-state index in [0.29, 0.717) is 0 Å². The molecule has 1 unspecified atom stereocenters. The summed E-state index contributed by atoms with van der Waals surface area (Å²) in [6, 6.07) is 7.78. The zero-order valence-corrected chi connectivity index (χ0v) is 11.8. The monoisotopic (exact) mass is 264 g/mol. The molecule has 1 aromatic carbocycles. The highest BCUT2D eigenvalue weighted by Crippen LogP contribution is 2.55. The number of aryl methyl sites for hydroxylation is 1. The summed E-state index contributed by atoms with van der Waals surface area (Å²) in [6.45, 7) is 4.32. The van der Waals surface area contributed by atoms with Crippen LogP contribution in [0.4, 0.5) is 0 Å². The Balaban J connectivity index is 1.70. The van der Waals surface area contributed by atoms with E-state index in [4.69, 9.17) is 4.18 Å². The van der Waals surface area contributed by atoms with Gasteiger partial charge in [-0.15, -0.1) is 0 Å². The van der Waals surface area contributed by atoms with E-state index >= 15 is 0 Å². The van der Waals surface area contributed by atoms with E-state index in [1.807, 2.05) is 31.2 Å². The Morgan fingerprint density at radius 2 is 2.06 bits per heavy atom. The molecule has 2 aliphatic rings. The average Bonchev–Trinajstić information content (AvgIpc) is 2.85. The van der Waals surface area contributed by atoms with Crippen LogP contribution in [0.3, 0.4) is 0 Å². The lowest BCUT2D eigenvalue weighted by Gasteiger charge is -2.30. The topological polar surface area (TPSA) is 26.3 Å². The molecule has 3 heteroatoms. The fraction of sp³-hybridized carbons (Fsp3) is 0.600. The van der Waals surface area contributed by atoms with Crippen molar-refractivity contribution >= 4 is 11.1 Å². The van der Waals surface area contributed by atoms with Gasteiger partial charge in [-0.1, -0.05) is 24.6 Å². The van der Waals surface area contributed by atoms with Crippen LogP contribution in [-0.4, -0.2) is 10.3 Å². The van der Waals surface area contributed by atoms with Crippen molar-refractivity contribution < 1.29 is 8.39 Å². The lowest BCUT2D eigenvalue weighted by Crippen LogP contribution is -2.30. The molecule has 2 bridgehead atoms. The van der Waals surface area contributed by atoms with Crippen LogP contribution in [0.1, 0.15) is 38.2 Å². The standard InChI is InChI=1S/C15H20O2S/c1-11-3-5-13(6-4-11)18(16)17-14-9-12-7-8-15(14,2)10-12/h3-6,12,14H,7-10H2,1-2H3/t12-,14-,15-,18?/m1/s1. The van der Waals surface area contributed by atoms with Crippen LogP contribution in [0.5, 0.6) is 0 Å². The largest absolute Gasteiger partial charge is 0.283 e. The first-order valence-corrected chi connectivity index (χ1v) is 7.80. The Morgan fingerprint density at radius 3 is 2.61 bits per heavy atom. The van der Waals surface area contributed by atoms with Crippen molar-refractivity contribution in [3.05, 3.63) is 29.8 Å². The summed E-state index contributed by atoms with van der Waals surface area (Å²) in [4.78, 5) is 0.784. The van der Waals surface area contributed by atoms with Gasteiger partial charge >= 0.3 is 0 Å². The molecule has 2 aliphatic carbocycles. The van der Waals surface area contributed by atoms with Gasteiger partial charge in [0.15, 0.2) is 11.1 Å². The molecule has 3 rings (SSSR count). The molecule has 2 nitrogen and oxygen atoms in total. The molecule has 98 valence electrons. The number of fused-ring (bicyclic) bond motifs is 2. The lowest BCUT2D eigenvalue weighted by atomic mass is 9.84. The predicted octanol–water partition coefficient (Wildman–Crippen LogP) is 3.61. The fourth-order valence-corrected chi connectivity index (χ4v) is 4.44. The van der Waals surface area contributed by atoms with Gasteiger partial charge in [0.1, 0.15) is 0 Å². The van der Waals surface area contributed by atoms with Crippen molar-refractivity contribution in [1.82, 2.24) is 0 Å². The zero-order chi connectivity index (χ0) is 12.8. The summed E-state index contributed by atoms with van der Waals surface area (Å²) >= 11 is -1.31. The minimum atomic E-state index is -1.31. The summed E-state index contributed by atoms with van der Waals surface area (Å²) in [5, 5.41) is 0. The second-order valence-electron chi connectivity index (χ2n) is 6.13. The third kappa shape index (κ3) is 2.14. The number of hydrogen-bond donors (Lipinski definition) is 0. The second kappa shape index (κ2) is 4.46. The van der Waals surface area contributed by atoms with Crippen LogP contribution in [0, 0.1) is 18.3 Å². The summed E-state index contributed by atoms with van der Waals surface area (Å²) in [5.41, 5.74) is 1.45. The number of hydrogen-bond acceptors (Lipinski definition) is 2. The second-order valence-corrected chi connectivity index (χ2v) is 7.26. The Kier molecular flexibility index (Phi) is 3.07. The maximum Gasteiger partial charge on any atom is 0.189 e. The molecule has 18 heavy (non-hydrogen) atoms. The molecule has 0 aromatic heterocycles. The van der Waals surface area contributed by atoms with Crippen molar-refractivity contribution in [3.8, 4) is 0 Å². The van der Waals surface area contributed by atoms with Gasteiger partial charge in [-0.3, -0.25) is 4.18 Å². The normalized spacial score (nSPS) is 35.9. The third-order valence-corrected chi connectivity index (χ3v) is 5.68. The SMILES string of the molecule is Cc1ccc(S(=O)O[C@@H]2C[C@H]3CC[C@]2(C)C3)cc1. The van der Waals surface area contributed by atoms with E-state index in [0.717, 1.165) is 17.2 Å². The first kappa shape index (κ1) is 12.4. The van der Waals surface area contributed by atoms with Crippen LogP contribution >= 0.6 is 0 Å². The molecule has 0 N–H and O–H groups in total. The van der Waals surface area contributed by atoms with Gasteiger partial charge in [0.2, 0.25) is 0 Å². The molecule has 0 spiro atoms. The first-order chi connectivity index (χ1) is 8.57. The highest BCUT2D eigenvalue weighted by Gasteiger charge is 2.50. The van der Waals surface area contributed by atoms with Crippen molar-refractivity contribution in [1.29, 1.82) is 0 Å². The van der Waals surface area contributed by atoms with Gasteiger partial charge in [-0.05, 0) is 56.1 Å².